The lowest BCUT2D eigenvalue weighted by molar-refractivity contribution is 0.263. The second-order valence-corrected chi connectivity index (χ2v) is 4.15. The van der Waals surface area contributed by atoms with Crippen LogP contribution >= 0.6 is 12.2 Å². The van der Waals surface area contributed by atoms with Crippen molar-refractivity contribution in [3.63, 3.8) is 0 Å². The van der Waals surface area contributed by atoms with Crippen molar-refractivity contribution in [2.24, 2.45) is 0 Å². The fraction of sp³-hybridized carbons (Fsp3) is 0.500. The molecule has 2 N–H and O–H groups in total. The number of aliphatic hydroxyl groups is 1. The fourth-order valence-electron chi connectivity index (χ4n) is 1.68. The number of rotatable bonds is 6. The lowest BCUT2D eigenvalue weighted by atomic mass is 10.3. The van der Waals surface area contributed by atoms with Gasteiger partial charge < -0.3 is 14.2 Å². The Labute approximate surface area is 104 Å². The highest BCUT2D eigenvalue weighted by Crippen LogP contribution is 2.03. The Bertz CT molecular complexity index is 501. The van der Waals surface area contributed by atoms with Gasteiger partial charge in [-0.3, -0.25) is 5.10 Å². The number of aromatic nitrogens is 5. The Hall–Kier alpha value is -1.47. The minimum Gasteiger partial charge on any atom is -0.388 e. The topological polar surface area (TPSA) is 71.7 Å². The molecule has 0 fully saturated rings. The van der Waals surface area contributed by atoms with Crippen LogP contribution in [0.25, 0.3) is 0 Å². The van der Waals surface area contributed by atoms with Crippen molar-refractivity contribution in [3.8, 4) is 0 Å². The average Bonchev–Trinajstić information content (AvgIpc) is 2.95. The third kappa shape index (κ3) is 3.01. The van der Waals surface area contributed by atoms with Gasteiger partial charge in [-0.15, -0.1) is 0 Å². The van der Waals surface area contributed by atoms with Gasteiger partial charge in [0.25, 0.3) is 0 Å². The Balaban J connectivity index is 1.82. The van der Waals surface area contributed by atoms with Crippen LogP contribution in [0, 0.1) is 4.77 Å². The number of hydrogen-bond donors (Lipinski definition) is 2. The Kier molecular flexibility index (Phi) is 4.05. The van der Waals surface area contributed by atoms with Crippen LogP contribution in [0.5, 0.6) is 0 Å². The maximum Gasteiger partial charge on any atom is 0.195 e. The average molecular weight is 253 g/mol. The zero-order valence-corrected chi connectivity index (χ0v) is 10.2. The van der Waals surface area contributed by atoms with Gasteiger partial charge in [-0.2, -0.15) is 5.10 Å². The summed E-state index contributed by atoms with van der Waals surface area (Å²) in [5, 5.41) is 15.7. The van der Waals surface area contributed by atoms with Crippen LogP contribution in [-0.2, 0) is 19.7 Å². The number of aliphatic hydroxyl groups excluding tert-OH is 1. The first-order chi connectivity index (χ1) is 8.31. The van der Waals surface area contributed by atoms with Crippen molar-refractivity contribution < 1.29 is 5.11 Å². The highest BCUT2D eigenvalue weighted by Gasteiger charge is 2.03. The molecule has 0 atom stereocenters. The van der Waals surface area contributed by atoms with E-state index in [1.54, 1.807) is 6.20 Å². The molecule has 17 heavy (non-hydrogen) atoms. The van der Waals surface area contributed by atoms with Crippen LogP contribution in [0.2, 0.25) is 0 Å². The molecule has 0 amide bonds. The molecule has 0 aromatic carbocycles. The molecule has 0 radical (unpaired) electrons. The van der Waals surface area contributed by atoms with Gasteiger partial charge in [-0.05, 0) is 25.1 Å². The number of hydrogen-bond acceptors (Lipinski definition) is 4. The summed E-state index contributed by atoms with van der Waals surface area (Å²) >= 11 is 5.09. The van der Waals surface area contributed by atoms with Crippen LogP contribution < -0.4 is 0 Å². The van der Waals surface area contributed by atoms with E-state index in [4.69, 9.17) is 17.3 Å². The normalized spacial score (nSPS) is 10.9. The Morgan fingerprint density at radius 1 is 1.35 bits per heavy atom. The van der Waals surface area contributed by atoms with E-state index >= 15 is 0 Å². The molecule has 92 valence electrons. The predicted octanol–water partition coefficient (Wildman–Crippen LogP) is 1.11. The molecule has 2 heterocycles. The monoisotopic (exact) mass is 253 g/mol. The number of H-pyrrole nitrogens is 1. The molecule has 0 bridgehead atoms. The highest BCUT2D eigenvalue weighted by atomic mass is 32.1. The molecular weight excluding hydrogens is 238 g/mol. The van der Waals surface area contributed by atoms with Crippen LogP contribution in [0.15, 0.2) is 18.7 Å². The summed E-state index contributed by atoms with van der Waals surface area (Å²) < 4.78 is 4.45. The molecule has 0 spiro atoms. The number of unbranched alkanes of at least 4 members (excludes halogenated alkanes) is 1. The Morgan fingerprint density at radius 2 is 2.18 bits per heavy atom. The van der Waals surface area contributed by atoms with Crippen molar-refractivity contribution in [1.29, 1.82) is 0 Å². The highest BCUT2D eigenvalue weighted by molar-refractivity contribution is 7.71. The van der Waals surface area contributed by atoms with Gasteiger partial charge in [0, 0.05) is 25.5 Å². The standard InChI is InChI=1S/C10H15N5OS/c16-7-9-12-13-10(17)15(9)5-2-1-4-14-6-3-11-8-14/h3,6,8,16H,1-2,4-5,7H2,(H,13,17). The molecule has 0 saturated heterocycles. The van der Waals surface area contributed by atoms with Gasteiger partial charge in [0.2, 0.25) is 0 Å². The molecule has 7 heteroatoms. The number of aromatic amines is 1. The summed E-state index contributed by atoms with van der Waals surface area (Å²) in [6.07, 6.45) is 7.55. The van der Waals surface area contributed by atoms with E-state index in [2.05, 4.69) is 15.2 Å². The minimum absolute atomic E-state index is 0.0886. The minimum atomic E-state index is -0.0886. The number of imidazole rings is 1. The molecule has 0 saturated carbocycles. The van der Waals surface area contributed by atoms with Gasteiger partial charge in [0.15, 0.2) is 10.6 Å². The third-order valence-corrected chi connectivity index (χ3v) is 2.90. The molecule has 2 rings (SSSR count). The SMILES string of the molecule is OCc1n[nH]c(=S)n1CCCCn1ccnc1. The van der Waals surface area contributed by atoms with Crippen LogP contribution in [-0.4, -0.2) is 29.4 Å². The summed E-state index contributed by atoms with van der Waals surface area (Å²) in [5.41, 5.74) is 0. The van der Waals surface area contributed by atoms with Crippen LogP contribution in [0.3, 0.4) is 0 Å². The van der Waals surface area contributed by atoms with E-state index in [0.29, 0.717) is 10.6 Å². The van der Waals surface area contributed by atoms with E-state index in [0.717, 1.165) is 25.9 Å². The molecule has 6 nitrogen and oxygen atoms in total. The smallest absolute Gasteiger partial charge is 0.195 e. The summed E-state index contributed by atoms with van der Waals surface area (Å²) in [7, 11) is 0. The van der Waals surface area contributed by atoms with Crippen molar-refractivity contribution in [1.82, 2.24) is 24.3 Å². The number of aryl methyl sites for hydroxylation is 1. The van der Waals surface area contributed by atoms with E-state index in [1.807, 2.05) is 21.7 Å². The Morgan fingerprint density at radius 3 is 2.88 bits per heavy atom. The van der Waals surface area contributed by atoms with Gasteiger partial charge in [-0.1, -0.05) is 0 Å². The first kappa shape index (κ1) is 12.0. The molecule has 0 aliphatic heterocycles. The van der Waals surface area contributed by atoms with E-state index in [-0.39, 0.29) is 6.61 Å². The van der Waals surface area contributed by atoms with Gasteiger partial charge in [-0.25, -0.2) is 4.98 Å². The van der Waals surface area contributed by atoms with Gasteiger partial charge in [0.05, 0.1) is 6.33 Å². The van der Waals surface area contributed by atoms with Crippen LogP contribution in [0.4, 0.5) is 0 Å². The lowest BCUT2D eigenvalue weighted by Crippen LogP contribution is -2.05. The molecule has 2 aromatic heterocycles. The second-order valence-electron chi connectivity index (χ2n) is 3.76. The first-order valence-electron chi connectivity index (χ1n) is 5.52. The van der Waals surface area contributed by atoms with Gasteiger partial charge in [0.1, 0.15) is 6.61 Å². The summed E-state index contributed by atoms with van der Waals surface area (Å²) in [6, 6.07) is 0. The molecular formula is C10H15N5OS. The van der Waals surface area contributed by atoms with Crippen molar-refractivity contribution in [2.75, 3.05) is 0 Å². The predicted molar refractivity (Wildman–Crippen MR) is 64.8 cm³/mol. The fourth-order valence-corrected chi connectivity index (χ4v) is 1.93. The molecule has 2 aromatic rings. The van der Waals surface area contributed by atoms with E-state index < -0.39 is 0 Å². The molecule has 0 aliphatic rings. The van der Waals surface area contributed by atoms with E-state index in [9.17, 15) is 0 Å². The number of nitrogens with one attached hydrogen (secondary N) is 1. The summed E-state index contributed by atoms with van der Waals surface area (Å²) in [5.74, 6) is 0.595. The zero-order valence-electron chi connectivity index (χ0n) is 9.41. The largest absolute Gasteiger partial charge is 0.388 e. The maximum absolute atomic E-state index is 9.08. The van der Waals surface area contributed by atoms with E-state index in [1.165, 1.54) is 0 Å². The quantitative estimate of drug-likeness (QED) is 0.597. The zero-order chi connectivity index (χ0) is 12.1. The maximum atomic E-state index is 9.08. The van der Waals surface area contributed by atoms with Crippen molar-refractivity contribution in [3.05, 3.63) is 29.3 Å². The number of nitrogens with zero attached hydrogens (tertiary/aromatic N) is 4. The van der Waals surface area contributed by atoms with Crippen molar-refractivity contribution >= 4 is 12.2 Å². The molecule has 0 aliphatic carbocycles. The van der Waals surface area contributed by atoms with Gasteiger partial charge >= 0.3 is 0 Å². The third-order valence-electron chi connectivity index (χ3n) is 2.59. The summed E-state index contributed by atoms with van der Waals surface area (Å²) in [4.78, 5) is 3.99. The molecule has 0 unspecified atom stereocenters. The van der Waals surface area contributed by atoms with Crippen molar-refractivity contribution in [2.45, 2.75) is 32.5 Å². The van der Waals surface area contributed by atoms with Crippen LogP contribution in [0.1, 0.15) is 18.7 Å². The summed E-state index contributed by atoms with van der Waals surface area (Å²) in [6.45, 7) is 1.63. The first-order valence-corrected chi connectivity index (χ1v) is 5.93. The second kappa shape index (κ2) is 5.74. The lowest BCUT2D eigenvalue weighted by Gasteiger charge is -2.05.